The molecule has 2 rings (SSSR count). The van der Waals surface area contributed by atoms with Gasteiger partial charge in [0.2, 0.25) is 0 Å². The Labute approximate surface area is 113 Å². The van der Waals surface area contributed by atoms with Crippen LogP contribution in [-0.2, 0) is 18.9 Å². The van der Waals surface area contributed by atoms with Crippen molar-refractivity contribution >= 4 is 11.3 Å². The Hall–Kier alpha value is -1.16. The minimum Gasteiger partial charge on any atom is -0.276 e. The van der Waals surface area contributed by atoms with Crippen LogP contribution >= 0.6 is 11.3 Å². The molecule has 0 spiro atoms. The van der Waals surface area contributed by atoms with Crippen molar-refractivity contribution in [2.45, 2.75) is 45.4 Å². The number of aryl methyl sites for hydroxylation is 1. The first-order valence-corrected chi connectivity index (χ1v) is 7.17. The highest BCUT2D eigenvalue weighted by molar-refractivity contribution is 7.09. The van der Waals surface area contributed by atoms with E-state index in [1.54, 1.807) is 11.3 Å². The first kappa shape index (κ1) is 13.3. The molecule has 0 N–H and O–H groups in total. The number of thiazole rings is 1. The summed E-state index contributed by atoms with van der Waals surface area (Å²) in [6, 6.07) is 0. The number of aromatic nitrogens is 3. The summed E-state index contributed by atoms with van der Waals surface area (Å²) in [5.41, 5.74) is 2.63. The molecule has 0 bridgehead atoms. The second-order valence-corrected chi connectivity index (χ2v) is 6.80. The Kier molecular flexibility index (Phi) is 3.57. The first-order valence-electron chi connectivity index (χ1n) is 6.29. The number of rotatable bonds is 3. The van der Waals surface area contributed by atoms with Crippen molar-refractivity contribution in [1.29, 1.82) is 0 Å². The van der Waals surface area contributed by atoms with E-state index in [0.29, 0.717) is 5.92 Å². The van der Waals surface area contributed by atoms with Crippen LogP contribution in [0.1, 0.15) is 49.9 Å². The molecule has 0 aliphatic heterocycles. The third kappa shape index (κ3) is 2.99. The Morgan fingerprint density at radius 1 is 1.39 bits per heavy atom. The molecule has 3 nitrogen and oxygen atoms in total. The fourth-order valence-electron chi connectivity index (χ4n) is 1.87. The molecule has 0 fully saturated rings. The summed E-state index contributed by atoms with van der Waals surface area (Å²) >= 11 is 1.77. The lowest BCUT2D eigenvalue weighted by molar-refractivity contribution is 0.581. The molecule has 0 aliphatic carbocycles. The van der Waals surface area contributed by atoms with Crippen LogP contribution in [0.4, 0.5) is 0 Å². The van der Waals surface area contributed by atoms with Crippen LogP contribution in [0.5, 0.6) is 0 Å². The van der Waals surface area contributed by atoms with Gasteiger partial charge in [0.15, 0.2) is 0 Å². The Bertz CT molecular complexity index is 519. The average molecular weight is 263 g/mol. The molecule has 18 heavy (non-hydrogen) atoms. The first-order chi connectivity index (χ1) is 8.36. The van der Waals surface area contributed by atoms with Gasteiger partial charge in [-0.1, -0.05) is 27.7 Å². The van der Waals surface area contributed by atoms with Gasteiger partial charge in [0, 0.05) is 24.0 Å². The highest BCUT2D eigenvalue weighted by atomic mass is 32.1. The fraction of sp³-hybridized carbons (Fsp3) is 0.571. The summed E-state index contributed by atoms with van der Waals surface area (Å²) in [6.07, 6.45) is 5.02. The van der Waals surface area contributed by atoms with Crippen LogP contribution in [-0.4, -0.2) is 14.8 Å². The molecule has 0 radical (unpaired) electrons. The second-order valence-electron chi connectivity index (χ2n) is 5.95. The topological polar surface area (TPSA) is 30.7 Å². The van der Waals surface area contributed by atoms with Crippen molar-refractivity contribution in [2.75, 3.05) is 0 Å². The molecule has 0 saturated carbocycles. The molecule has 0 aromatic carbocycles. The van der Waals surface area contributed by atoms with Crippen LogP contribution in [0.3, 0.4) is 0 Å². The Morgan fingerprint density at radius 2 is 2.11 bits per heavy atom. The third-order valence-corrected chi connectivity index (χ3v) is 4.32. The summed E-state index contributed by atoms with van der Waals surface area (Å²) in [4.78, 5) is 4.75. The summed E-state index contributed by atoms with van der Waals surface area (Å²) in [5, 5.41) is 7.63. The molecular weight excluding hydrogens is 242 g/mol. The van der Waals surface area contributed by atoms with Gasteiger partial charge in [-0.25, -0.2) is 4.98 Å². The van der Waals surface area contributed by atoms with Gasteiger partial charge in [0.25, 0.3) is 0 Å². The van der Waals surface area contributed by atoms with Crippen LogP contribution in [0, 0.1) is 0 Å². The van der Waals surface area contributed by atoms with Crippen molar-refractivity contribution in [1.82, 2.24) is 14.8 Å². The predicted octanol–water partition coefficient (Wildman–Crippen LogP) is 3.52. The minimum absolute atomic E-state index is 0.153. The van der Waals surface area contributed by atoms with Crippen molar-refractivity contribution < 1.29 is 0 Å². The average Bonchev–Trinajstić information content (AvgIpc) is 2.85. The standard InChI is InChI=1S/C14H21N3S/c1-10(11-7-15-17(5)8-11)6-12-9-18-13(16-12)14(2,3)4/h7-10H,6H2,1-5H3. The summed E-state index contributed by atoms with van der Waals surface area (Å²) in [6.45, 7) is 8.85. The summed E-state index contributed by atoms with van der Waals surface area (Å²) in [7, 11) is 1.96. The molecule has 0 saturated heterocycles. The second kappa shape index (κ2) is 4.84. The van der Waals surface area contributed by atoms with Crippen molar-refractivity contribution in [3.8, 4) is 0 Å². The summed E-state index contributed by atoms with van der Waals surface area (Å²) in [5.74, 6) is 0.466. The van der Waals surface area contributed by atoms with E-state index in [9.17, 15) is 0 Å². The highest BCUT2D eigenvalue weighted by Gasteiger charge is 2.19. The SMILES string of the molecule is CC(Cc1csc(C(C)(C)C)n1)c1cnn(C)c1. The molecule has 2 aromatic heterocycles. The van der Waals surface area contributed by atoms with Gasteiger partial charge in [0.05, 0.1) is 16.9 Å². The quantitative estimate of drug-likeness (QED) is 0.848. The zero-order chi connectivity index (χ0) is 13.3. The minimum atomic E-state index is 0.153. The molecule has 2 heterocycles. The predicted molar refractivity (Wildman–Crippen MR) is 76.1 cm³/mol. The summed E-state index contributed by atoms with van der Waals surface area (Å²) < 4.78 is 1.85. The fourth-order valence-corrected chi connectivity index (χ4v) is 2.79. The largest absolute Gasteiger partial charge is 0.276 e. The van der Waals surface area contributed by atoms with Gasteiger partial charge in [-0.3, -0.25) is 4.68 Å². The number of hydrogen-bond donors (Lipinski definition) is 0. The van der Waals surface area contributed by atoms with Gasteiger partial charge in [-0.2, -0.15) is 5.10 Å². The normalized spacial score (nSPS) is 13.8. The zero-order valence-electron chi connectivity index (χ0n) is 11.8. The van der Waals surface area contributed by atoms with Gasteiger partial charge < -0.3 is 0 Å². The maximum Gasteiger partial charge on any atom is 0.0981 e. The van der Waals surface area contributed by atoms with Crippen molar-refractivity contribution in [2.24, 2.45) is 7.05 Å². The smallest absolute Gasteiger partial charge is 0.0981 e. The van der Waals surface area contributed by atoms with E-state index in [1.807, 2.05) is 17.9 Å². The van der Waals surface area contributed by atoms with Gasteiger partial charge in [0.1, 0.15) is 0 Å². The van der Waals surface area contributed by atoms with E-state index in [0.717, 1.165) is 6.42 Å². The van der Waals surface area contributed by atoms with Gasteiger partial charge in [-0.15, -0.1) is 11.3 Å². The van der Waals surface area contributed by atoms with Gasteiger partial charge >= 0.3 is 0 Å². The van der Waals surface area contributed by atoms with E-state index in [2.05, 4.69) is 44.4 Å². The maximum absolute atomic E-state index is 4.75. The van der Waals surface area contributed by atoms with E-state index >= 15 is 0 Å². The van der Waals surface area contributed by atoms with Gasteiger partial charge in [-0.05, 0) is 17.9 Å². The molecular formula is C14H21N3S. The van der Waals surface area contributed by atoms with Crippen molar-refractivity contribution in [3.63, 3.8) is 0 Å². The van der Waals surface area contributed by atoms with E-state index in [-0.39, 0.29) is 5.41 Å². The molecule has 2 aromatic rings. The molecule has 0 aliphatic rings. The van der Waals surface area contributed by atoms with E-state index in [4.69, 9.17) is 4.98 Å². The highest BCUT2D eigenvalue weighted by Crippen LogP contribution is 2.27. The van der Waals surface area contributed by atoms with Crippen molar-refractivity contribution in [3.05, 3.63) is 34.0 Å². The number of hydrogen-bond acceptors (Lipinski definition) is 3. The molecule has 1 unspecified atom stereocenters. The van der Waals surface area contributed by atoms with E-state index < -0.39 is 0 Å². The zero-order valence-corrected chi connectivity index (χ0v) is 12.6. The maximum atomic E-state index is 4.75. The Balaban J connectivity index is 2.08. The lowest BCUT2D eigenvalue weighted by atomic mass is 9.97. The Morgan fingerprint density at radius 3 is 2.61 bits per heavy atom. The van der Waals surface area contributed by atoms with Crippen LogP contribution in [0.2, 0.25) is 0 Å². The molecule has 4 heteroatoms. The van der Waals surface area contributed by atoms with Crippen LogP contribution in [0.15, 0.2) is 17.8 Å². The van der Waals surface area contributed by atoms with Crippen LogP contribution in [0.25, 0.3) is 0 Å². The molecule has 98 valence electrons. The lowest BCUT2D eigenvalue weighted by Crippen LogP contribution is -2.10. The lowest BCUT2D eigenvalue weighted by Gasteiger charge is -2.13. The monoisotopic (exact) mass is 263 g/mol. The molecule has 1 atom stereocenters. The van der Waals surface area contributed by atoms with Crippen LogP contribution < -0.4 is 0 Å². The van der Waals surface area contributed by atoms with E-state index in [1.165, 1.54) is 16.3 Å². The number of nitrogens with zero attached hydrogens (tertiary/aromatic N) is 3. The third-order valence-electron chi connectivity index (χ3n) is 3.00. The molecule has 0 amide bonds.